The summed E-state index contributed by atoms with van der Waals surface area (Å²) in [5.74, 6) is -2.12. The molecule has 12 heteroatoms. The van der Waals surface area contributed by atoms with E-state index in [-0.39, 0.29) is 12.2 Å². The number of hydrogen-bond donors (Lipinski definition) is 2. The van der Waals surface area contributed by atoms with Crippen LogP contribution in [0.4, 0.5) is 23.2 Å². The summed E-state index contributed by atoms with van der Waals surface area (Å²) in [6.45, 7) is 0.0792. The molecule has 0 fully saturated rings. The van der Waals surface area contributed by atoms with Crippen LogP contribution in [0.5, 0.6) is 0 Å². The van der Waals surface area contributed by atoms with Gasteiger partial charge in [-0.05, 0) is 30.3 Å². The first-order valence-electron chi connectivity index (χ1n) is 9.56. The highest BCUT2D eigenvalue weighted by Gasteiger charge is 2.30. The van der Waals surface area contributed by atoms with Crippen molar-refractivity contribution in [1.82, 2.24) is 19.9 Å². The van der Waals surface area contributed by atoms with Crippen molar-refractivity contribution in [3.8, 4) is 11.4 Å². The van der Waals surface area contributed by atoms with Gasteiger partial charge in [0.2, 0.25) is 4.96 Å². The average Bonchev–Trinajstić information content (AvgIpc) is 3.35. The molecule has 2 N–H and O–H groups in total. The summed E-state index contributed by atoms with van der Waals surface area (Å²) < 4.78 is 53.3. The quantitative estimate of drug-likeness (QED) is 0.337. The molecule has 0 aliphatic heterocycles. The lowest BCUT2D eigenvalue weighted by molar-refractivity contribution is -0.137. The van der Waals surface area contributed by atoms with Crippen LogP contribution in [0.25, 0.3) is 16.3 Å². The van der Waals surface area contributed by atoms with Crippen LogP contribution in [0, 0.1) is 5.82 Å². The second kappa shape index (κ2) is 8.98. The Labute approximate surface area is 188 Å². The first-order valence-corrected chi connectivity index (χ1v) is 10.4. The van der Waals surface area contributed by atoms with Gasteiger partial charge < -0.3 is 10.6 Å². The van der Waals surface area contributed by atoms with Crippen LogP contribution in [-0.4, -0.2) is 33.0 Å². The number of nitrogens with one attached hydrogen (secondary N) is 2. The van der Waals surface area contributed by atoms with E-state index in [1.165, 1.54) is 29.5 Å². The Bertz CT molecular complexity index is 1330. The highest BCUT2D eigenvalue weighted by molar-refractivity contribution is 7.15. The summed E-state index contributed by atoms with van der Waals surface area (Å²) in [6.07, 6.45) is -4.25. The van der Waals surface area contributed by atoms with Crippen LogP contribution in [-0.2, 0) is 22.2 Å². The minimum atomic E-state index is -4.56. The average molecular weight is 477 g/mol. The Hall–Kier alpha value is -3.80. The lowest BCUT2D eigenvalue weighted by Gasteiger charge is -2.10. The molecule has 0 aliphatic carbocycles. The third-order valence-electron chi connectivity index (χ3n) is 4.55. The second-order valence-electron chi connectivity index (χ2n) is 6.91. The first kappa shape index (κ1) is 22.4. The van der Waals surface area contributed by atoms with Gasteiger partial charge in [0.25, 0.3) is 0 Å². The lowest BCUT2D eigenvalue weighted by atomic mass is 10.2. The van der Waals surface area contributed by atoms with Crippen molar-refractivity contribution >= 4 is 33.8 Å². The molecular weight excluding hydrogens is 462 g/mol. The van der Waals surface area contributed by atoms with Crippen molar-refractivity contribution in [3.63, 3.8) is 0 Å². The second-order valence-corrected chi connectivity index (χ2v) is 7.74. The van der Waals surface area contributed by atoms with Gasteiger partial charge in [-0.1, -0.05) is 18.2 Å². The number of aromatic nitrogens is 3. The van der Waals surface area contributed by atoms with Gasteiger partial charge in [0, 0.05) is 29.6 Å². The molecule has 0 spiro atoms. The highest BCUT2D eigenvalue weighted by Crippen LogP contribution is 2.30. The summed E-state index contributed by atoms with van der Waals surface area (Å²) in [5, 5.41) is 10.7. The Kier molecular flexibility index (Phi) is 6.09. The van der Waals surface area contributed by atoms with E-state index in [2.05, 4.69) is 20.7 Å². The molecule has 170 valence electrons. The minimum absolute atomic E-state index is 0.0792. The van der Waals surface area contributed by atoms with Crippen LogP contribution in [0.1, 0.15) is 11.3 Å². The zero-order valence-corrected chi connectivity index (χ0v) is 17.5. The zero-order chi connectivity index (χ0) is 23.6. The van der Waals surface area contributed by atoms with E-state index in [1.54, 1.807) is 22.0 Å². The van der Waals surface area contributed by atoms with Gasteiger partial charge >= 0.3 is 18.0 Å². The van der Waals surface area contributed by atoms with Crippen molar-refractivity contribution in [2.75, 3.05) is 11.9 Å². The number of carbonyl (C=O) groups is 2. The molecule has 2 amide bonds. The largest absolute Gasteiger partial charge is 0.416 e. The van der Waals surface area contributed by atoms with E-state index in [4.69, 9.17) is 0 Å². The number of fused-ring (bicyclic) bond motifs is 1. The molecule has 33 heavy (non-hydrogen) atoms. The summed E-state index contributed by atoms with van der Waals surface area (Å²) in [5.41, 5.74) is 0.157. The van der Waals surface area contributed by atoms with E-state index in [1.807, 2.05) is 0 Å². The predicted octanol–water partition coefficient (Wildman–Crippen LogP) is 3.91. The molecule has 7 nitrogen and oxygen atoms in total. The zero-order valence-electron chi connectivity index (χ0n) is 16.7. The van der Waals surface area contributed by atoms with Crippen LogP contribution in [0.2, 0.25) is 0 Å². The summed E-state index contributed by atoms with van der Waals surface area (Å²) in [7, 11) is 0. The van der Waals surface area contributed by atoms with E-state index in [0.29, 0.717) is 28.5 Å². The van der Waals surface area contributed by atoms with Crippen LogP contribution in [0.3, 0.4) is 0 Å². The SMILES string of the molecule is O=C(NCCc1csc2nc(-c3cccc(F)c3)nn12)C(=O)Nc1cccc(C(F)(F)F)c1. The minimum Gasteiger partial charge on any atom is -0.347 e. The van der Waals surface area contributed by atoms with E-state index >= 15 is 0 Å². The molecule has 0 radical (unpaired) electrons. The number of carbonyl (C=O) groups excluding carboxylic acids is 2. The van der Waals surface area contributed by atoms with E-state index < -0.39 is 29.4 Å². The fourth-order valence-corrected chi connectivity index (χ4v) is 3.85. The van der Waals surface area contributed by atoms with Gasteiger partial charge in [-0.2, -0.15) is 18.2 Å². The molecular formula is C21H15F4N5O2S. The Morgan fingerprint density at radius 1 is 1.06 bits per heavy atom. The summed E-state index contributed by atoms with van der Waals surface area (Å²) in [6, 6.07) is 9.88. The standard InChI is InChI=1S/C21H15F4N5O2S/c22-14-5-1-3-12(9-14)17-28-20-30(29-17)16(11-33-20)7-8-26-18(31)19(32)27-15-6-2-4-13(10-15)21(23,24)25/h1-6,9-11H,7-8H2,(H,26,31)(H,27,32). The number of anilines is 1. The number of alkyl halides is 3. The topological polar surface area (TPSA) is 88.4 Å². The number of nitrogens with zero attached hydrogens (tertiary/aromatic N) is 3. The molecule has 4 aromatic rings. The van der Waals surface area contributed by atoms with Gasteiger partial charge in [-0.3, -0.25) is 9.59 Å². The van der Waals surface area contributed by atoms with Crippen molar-refractivity contribution < 1.29 is 27.2 Å². The Morgan fingerprint density at radius 3 is 2.61 bits per heavy atom. The number of benzene rings is 2. The molecule has 2 heterocycles. The molecule has 0 atom stereocenters. The maximum absolute atomic E-state index is 13.4. The van der Waals surface area contributed by atoms with Gasteiger partial charge in [-0.15, -0.1) is 16.4 Å². The predicted molar refractivity (Wildman–Crippen MR) is 113 cm³/mol. The Balaban J connectivity index is 1.35. The van der Waals surface area contributed by atoms with Gasteiger partial charge in [-0.25, -0.2) is 8.91 Å². The lowest BCUT2D eigenvalue weighted by Crippen LogP contribution is -2.36. The third kappa shape index (κ3) is 5.17. The van der Waals surface area contributed by atoms with Gasteiger partial charge in [0.1, 0.15) is 5.82 Å². The van der Waals surface area contributed by atoms with Crippen LogP contribution < -0.4 is 10.6 Å². The molecule has 4 rings (SSSR count). The first-order chi connectivity index (χ1) is 15.7. The fourth-order valence-electron chi connectivity index (χ4n) is 2.99. The smallest absolute Gasteiger partial charge is 0.347 e. The normalized spacial score (nSPS) is 11.5. The number of halogens is 4. The van der Waals surface area contributed by atoms with Crippen molar-refractivity contribution in [3.05, 3.63) is 71.0 Å². The van der Waals surface area contributed by atoms with Crippen molar-refractivity contribution in [1.29, 1.82) is 0 Å². The maximum Gasteiger partial charge on any atom is 0.416 e. The third-order valence-corrected chi connectivity index (χ3v) is 5.42. The van der Waals surface area contributed by atoms with Crippen molar-refractivity contribution in [2.45, 2.75) is 12.6 Å². The number of amides is 2. The van der Waals surface area contributed by atoms with Crippen LogP contribution >= 0.6 is 11.3 Å². The Morgan fingerprint density at radius 2 is 1.85 bits per heavy atom. The van der Waals surface area contributed by atoms with Gasteiger partial charge in [0.05, 0.1) is 11.3 Å². The molecule has 0 saturated carbocycles. The monoisotopic (exact) mass is 477 g/mol. The van der Waals surface area contributed by atoms with E-state index in [0.717, 1.165) is 18.2 Å². The summed E-state index contributed by atoms with van der Waals surface area (Å²) >= 11 is 1.32. The van der Waals surface area contributed by atoms with Crippen LogP contribution in [0.15, 0.2) is 53.9 Å². The molecule has 2 aromatic carbocycles. The number of thiazole rings is 1. The molecule has 0 saturated heterocycles. The van der Waals surface area contributed by atoms with Crippen molar-refractivity contribution in [2.24, 2.45) is 0 Å². The van der Waals surface area contributed by atoms with Gasteiger partial charge in [0.15, 0.2) is 5.82 Å². The fraction of sp³-hybridized carbons (Fsp3) is 0.143. The molecule has 2 aromatic heterocycles. The summed E-state index contributed by atoms with van der Waals surface area (Å²) in [4.78, 5) is 29.0. The molecule has 0 unspecified atom stereocenters. The number of hydrogen-bond acceptors (Lipinski definition) is 5. The molecule has 0 bridgehead atoms. The molecule has 0 aliphatic rings. The van der Waals surface area contributed by atoms with E-state index in [9.17, 15) is 27.2 Å². The highest BCUT2D eigenvalue weighted by atomic mass is 32.1. The maximum atomic E-state index is 13.4. The number of rotatable bonds is 5.